The average molecular weight is 361 g/mol. The maximum absolute atomic E-state index is 12.8. The van der Waals surface area contributed by atoms with E-state index in [1.165, 1.54) is 17.0 Å². The van der Waals surface area contributed by atoms with Gasteiger partial charge in [0.1, 0.15) is 5.82 Å². The van der Waals surface area contributed by atoms with Gasteiger partial charge in [0.15, 0.2) is 0 Å². The number of nitrogens with one attached hydrogen (secondary N) is 1. The Bertz CT molecular complexity index is 516. The maximum Gasteiger partial charge on any atom is 0.123 e. The Hall–Kier alpha value is -0.400. The minimum atomic E-state index is -0.207. The number of thiophene rings is 1. The first kappa shape index (κ1) is 15.0. The van der Waals surface area contributed by atoms with Crippen molar-refractivity contribution in [2.24, 2.45) is 5.84 Å². The number of thioether (sulfide) groups is 1. The Kier molecular flexibility index (Phi) is 5.84. The molecule has 102 valence electrons. The number of rotatable bonds is 6. The fourth-order valence-corrected chi connectivity index (χ4v) is 4.07. The summed E-state index contributed by atoms with van der Waals surface area (Å²) in [5.41, 5.74) is 2.84. The van der Waals surface area contributed by atoms with Crippen molar-refractivity contribution in [1.82, 2.24) is 5.43 Å². The fraction of sp³-hybridized carbons (Fsp3) is 0.231. The van der Waals surface area contributed by atoms with Crippen LogP contribution in [-0.4, -0.2) is 11.8 Å². The van der Waals surface area contributed by atoms with Crippen LogP contribution in [0.25, 0.3) is 0 Å². The van der Waals surface area contributed by atoms with Gasteiger partial charge in [-0.3, -0.25) is 11.3 Å². The summed E-state index contributed by atoms with van der Waals surface area (Å²) in [6.45, 7) is 0. The van der Waals surface area contributed by atoms with Gasteiger partial charge in [0.25, 0.3) is 0 Å². The summed E-state index contributed by atoms with van der Waals surface area (Å²) in [7, 11) is 0. The van der Waals surface area contributed by atoms with Crippen LogP contribution in [0.1, 0.15) is 4.88 Å². The molecule has 19 heavy (non-hydrogen) atoms. The van der Waals surface area contributed by atoms with E-state index < -0.39 is 0 Å². The molecular weight excluding hydrogens is 347 g/mol. The Morgan fingerprint density at radius 3 is 2.68 bits per heavy atom. The van der Waals surface area contributed by atoms with Crippen molar-refractivity contribution in [1.29, 1.82) is 0 Å². The smallest absolute Gasteiger partial charge is 0.123 e. The maximum atomic E-state index is 12.8. The topological polar surface area (TPSA) is 38.0 Å². The molecule has 0 amide bonds. The van der Waals surface area contributed by atoms with E-state index in [1.54, 1.807) is 35.2 Å². The van der Waals surface area contributed by atoms with Crippen molar-refractivity contribution in [3.63, 3.8) is 0 Å². The van der Waals surface area contributed by atoms with Gasteiger partial charge in [0.05, 0.1) is 0 Å². The molecule has 0 spiro atoms. The van der Waals surface area contributed by atoms with Crippen LogP contribution in [0.4, 0.5) is 4.39 Å². The molecule has 1 aromatic carbocycles. The normalized spacial score (nSPS) is 12.6. The molecule has 2 nitrogen and oxygen atoms in total. The van der Waals surface area contributed by atoms with E-state index in [0.717, 1.165) is 21.5 Å². The third kappa shape index (κ3) is 4.89. The number of hydrogen-bond acceptors (Lipinski definition) is 4. The molecule has 3 N–H and O–H groups in total. The highest BCUT2D eigenvalue weighted by Gasteiger charge is 2.10. The van der Waals surface area contributed by atoms with Crippen molar-refractivity contribution in [2.75, 3.05) is 5.75 Å². The summed E-state index contributed by atoms with van der Waals surface area (Å²) in [6, 6.07) is 8.83. The number of nitrogens with two attached hydrogens (primary N) is 1. The zero-order chi connectivity index (χ0) is 13.7. The fourth-order valence-electron chi connectivity index (χ4n) is 1.60. The lowest BCUT2D eigenvalue weighted by Crippen LogP contribution is -2.38. The van der Waals surface area contributed by atoms with Crippen LogP contribution in [0.15, 0.2) is 45.1 Å². The third-order valence-electron chi connectivity index (χ3n) is 2.57. The second kappa shape index (κ2) is 7.40. The van der Waals surface area contributed by atoms with E-state index >= 15 is 0 Å². The Balaban J connectivity index is 1.87. The molecule has 1 aromatic heterocycles. The van der Waals surface area contributed by atoms with E-state index in [4.69, 9.17) is 5.84 Å². The predicted molar refractivity (Wildman–Crippen MR) is 84.0 cm³/mol. The molecule has 0 fully saturated rings. The first-order chi connectivity index (χ1) is 9.17. The molecule has 6 heteroatoms. The number of benzene rings is 1. The SMILES string of the molecule is NNC(CSc1ccc(F)cc1)Cc1cc(Br)cs1. The van der Waals surface area contributed by atoms with E-state index in [9.17, 15) is 4.39 Å². The molecule has 2 aromatic rings. The van der Waals surface area contributed by atoms with Gasteiger partial charge in [-0.1, -0.05) is 0 Å². The van der Waals surface area contributed by atoms with Crippen LogP contribution in [0.2, 0.25) is 0 Å². The highest BCUT2D eigenvalue weighted by Crippen LogP contribution is 2.23. The molecule has 1 unspecified atom stereocenters. The second-order valence-corrected chi connectivity index (χ2v) is 7.07. The van der Waals surface area contributed by atoms with Gasteiger partial charge in [-0.05, 0) is 52.7 Å². The van der Waals surface area contributed by atoms with Gasteiger partial charge < -0.3 is 0 Å². The van der Waals surface area contributed by atoms with Crippen molar-refractivity contribution in [2.45, 2.75) is 17.4 Å². The van der Waals surface area contributed by atoms with Gasteiger partial charge in [-0.15, -0.1) is 23.1 Å². The van der Waals surface area contributed by atoms with Crippen LogP contribution < -0.4 is 11.3 Å². The lowest BCUT2D eigenvalue weighted by Gasteiger charge is -2.14. The van der Waals surface area contributed by atoms with Gasteiger partial charge in [-0.25, -0.2) is 4.39 Å². The van der Waals surface area contributed by atoms with Crippen LogP contribution in [0.5, 0.6) is 0 Å². The summed E-state index contributed by atoms with van der Waals surface area (Å²) in [5.74, 6) is 6.22. The number of halogens is 2. The quantitative estimate of drug-likeness (QED) is 0.467. The molecule has 0 bridgehead atoms. The summed E-state index contributed by atoms with van der Waals surface area (Å²) < 4.78 is 13.9. The molecule has 1 atom stereocenters. The first-order valence-corrected chi connectivity index (χ1v) is 8.40. The number of hydrazine groups is 1. The Morgan fingerprint density at radius 1 is 1.37 bits per heavy atom. The average Bonchev–Trinajstić information content (AvgIpc) is 2.82. The molecule has 0 aliphatic rings. The third-order valence-corrected chi connectivity index (χ3v) is 5.46. The minimum Gasteiger partial charge on any atom is -0.271 e. The minimum absolute atomic E-state index is 0.195. The second-order valence-electron chi connectivity index (χ2n) is 4.06. The van der Waals surface area contributed by atoms with Crippen LogP contribution in [-0.2, 0) is 6.42 Å². The molecule has 1 heterocycles. The zero-order valence-electron chi connectivity index (χ0n) is 10.1. The Morgan fingerprint density at radius 2 is 2.11 bits per heavy atom. The van der Waals surface area contributed by atoms with Crippen LogP contribution in [0, 0.1) is 5.82 Å². The van der Waals surface area contributed by atoms with Crippen molar-refractivity contribution < 1.29 is 4.39 Å². The van der Waals surface area contributed by atoms with Crippen molar-refractivity contribution in [3.8, 4) is 0 Å². The Labute approximate surface area is 128 Å². The standard InChI is InChI=1S/C13H14BrFN2S2/c14-9-5-13(18-7-9)6-11(17-16)8-19-12-3-1-10(15)2-4-12/h1-5,7,11,17H,6,8,16H2. The van der Waals surface area contributed by atoms with Gasteiger partial charge in [0, 0.05) is 31.4 Å². The molecule has 0 aliphatic heterocycles. The lowest BCUT2D eigenvalue weighted by molar-refractivity contribution is 0.579. The predicted octanol–water partition coefficient (Wildman–Crippen LogP) is 3.82. The highest BCUT2D eigenvalue weighted by molar-refractivity contribution is 9.10. The summed E-state index contributed by atoms with van der Waals surface area (Å²) >= 11 is 6.83. The van der Waals surface area contributed by atoms with E-state index in [1.807, 2.05) is 0 Å². The largest absolute Gasteiger partial charge is 0.271 e. The molecule has 0 radical (unpaired) electrons. The molecule has 0 saturated heterocycles. The van der Waals surface area contributed by atoms with E-state index in [-0.39, 0.29) is 11.9 Å². The lowest BCUT2D eigenvalue weighted by atomic mass is 10.2. The molecule has 0 saturated carbocycles. The molecule has 0 aliphatic carbocycles. The summed E-state index contributed by atoms with van der Waals surface area (Å²) in [6.07, 6.45) is 0.890. The van der Waals surface area contributed by atoms with E-state index in [0.29, 0.717) is 0 Å². The molecular formula is C13H14BrFN2S2. The number of hydrogen-bond donors (Lipinski definition) is 2. The van der Waals surface area contributed by atoms with E-state index in [2.05, 4.69) is 32.8 Å². The monoisotopic (exact) mass is 360 g/mol. The van der Waals surface area contributed by atoms with Crippen LogP contribution in [0.3, 0.4) is 0 Å². The van der Waals surface area contributed by atoms with Gasteiger partial charge in [0.2, 0.25) is 0 Å². The summed E-state index contributed by atoms with van der Waals surface area (Å²) in [5, 5.41) is 2.07. The molecule has 2 rings (SSSR count). The zero-order valence-corrected chi connectivity index (χ0v) is 13.3. The summed E-state index contributed by atoms with van der Waals surface area (Å²) in [4.78, 5) is 2.34. The van der Waals surface area contributed by atoms with Crippen LogP contribution >= 0.6 is 39.0 Å². The first-order valence-electron chi connectivity index (χ1n) is 5.75. The van der Waals surface area contributed by atoms with Gasteiger partial charge >= 0.3 is 0 Å². The van der Waals surface area contributed by atoms with Crippen molar-refractivity contribution >= 4 is 39.0 Å². The highest BCUT2D eigenvalue weighted by atomic mass is 79.9. The van der Waals surface area contributed by atoms with Crippen molar-refractivity contribution in [3.05, 3.63) is 50.9 Å². The van der Waals surface area contributed by atoms with Gasteiger partial charge in [-0.2, -0.15) is 0 Å².